The van der Waals surface area contributed by atoms with E-state index in [2.05, 4.69) is 0 Å². The van der Waals surface area contributed by atoms with Crippen LogP contribution in [0.2, 0.25) is 0 Å². The summed E-state index contributed by atoms with van der Waals surface area (Å²) < 4.78 is 0. The normalized spacial score (nSPS) is 10.1. The molecule has 0 spiro atoms. The number of aryl methyl sites for hydroxylation is 1. The van der Waals surface area contributed by atoms with E-state index in [9.17, 15) is 9.90 Å². The second kappa shape index (κ2) is 4.19. The Bertz CT molecular complexity index is 513. The minimum Gasteiger partial charge on any atom is -0.507 e. The molecule has 0 aliphatic rings. The zero-order chi connectivity index (χ0) is 11.5. The smallest absolute Gasteiger partial charge is 0.150 e. The summed E-state index contributed by atoms with van der Waals surface area (Å²) >= 11 is 0. The molecule has 0 heterocycles. The molecule has 80 valence electrons. The van der Waals surface area contributed by atoms with Crippen molar-refractivity contribution in [2.24, 2.45) is 0 Å². The van der Waals surface area contributed by atoms with Gasteiger partial charge in [0.05, 0.1) is 0 Å². The van der Waals surface area contributed by atoms with E-state index in [1.807, 2.05) is 31.2 Å². The summed E-state index contributed by atoms with van der Waals surface area (Å²) in [6, 6.07) is 12.8. The first-order chi connectivity index (χ1) is 7.70. The molecule has 0 radical (unpaired) electrons. The van der Waals surface area contributed by atoms with E-state index in [0.717, 1.165) is 17.4 Å². The van der Waals surface area contributed by atoms with Gasteiger partial charge in [-0.1, -0.05) is 35.9 Å². The maximum atomic E-state index is 10.5. The van der Waals surface area contributed by atoms with Crippen molar-refractivity contribution in [2.75, 3.05) is 0 Å². The fourth-order valence-corrected chi connectivity index (χ4v) is 1.60. The largest absolute Gasteiger partial charge is 0.507 e. The fourth-order valence-electron chi connectivity index (χ4n) is 1.60. The lowest BCUT2D eigenvalue weighted by Crippen LogP contribution is -1.83. The molecule has 0 aliphatic carbocycles. The lowest BCUT2D eigenvalue weighted by molar-refractivity contribution is 0.112. The molecule has 0 aromatic heterocycles. The number of carbonyl (C=O) groups excluding carboxylic acids is 1. The standard InChI is InChI=1S/C14H12O2/c1-10-2-5-12(6-3-10)13-7-4-11(9-15)8-14(13)16/h2-9,16H,1H3. The molecule has 0 unspecified atom stereocenters. The second-order valence-corrected chi connectivity index (χ2v) is 3.76. The molecule has 0 aliphatic heterocycles. The van der Waals surface area contributed by atoms with Gasteiger partial charge in [0.2, 0.25) is 0 Å². The van der Waals surface area contributed by atoms with Crippen molar-refractivity contribution in [2.45, 2.75) is 6.92 Å². The predicted octanol–water partition coefficient (Wildman–Crippen LogP) is 3.18. The molecule has 2 rings (SSSR count). The van der Waals surface area contributed by atoms with Crippen LogP contribution < -0.4 is 0 Å². The van der Waals surface area contributed by atoms with Crippen molar-refractivity contribution < 1.29 is 9.90 Å². The van der Waals surface area contributed by atoms with Gasteiger partial charge in [-0.05, 0) is 24.6 Å². The molecule has 2 aromatic carbocycles. The highest BCUT2D eigenvalue weighted by molar-refractivity contribution is 5.80. The molecule has 16 heavy (non-hydrogen) atoms. The minimum absolute atomic E-state index is 0.133. The monoisotopic (exact) mass is 212 g/mol. The van der Waals surface area contributed by atoms with Crippen molar-refractivity contribution in [1.82, 2.24) is 0 Å². The van der Waals surface area contributed by atoms with E-state index in [4.69, 9.17) is 0 Å². The summed E-state index contributed by atoms with van der Waals surface area (Å²) in [7, 11) is 0. The molecular formula is C14H12O2. The van der Waals surface area contributed by atoms with Gasteiger partial charge in [-0.3, -0.25) is 4.79 Å². The third kappa shape index (κ3) is 1.96. The van der Waals surface area contributed by atoms with Crippen molar-refractivity contribution in [3.05, 3.63) is 53.6 Å². The van der Waals surface area contributed by atoms with E-state index in [-0.39, 0.29) is 5.75 Å². The average Bonchev–Trinajstić information content (AvgIpc) is 2.30. The number of rotatable bonds is 2. The van der Waals surface area contributed by atoms with Crippen LogP contribution in [0.5, 0.6) is 5.75 Å². The fraction of sp³-hybridized carbons (Fsp3) is 0.0714. The van der Waals surface area contributed by atoms with Gasteiger partial charge in [0.25, 0.3) is 0 Å². The van der Waals surface area contributed by atoms with E-state index in [1.54, 1.807) is 12.1 Å². The van der Waals surface area contributed by atoms with Crippen LogP contribution in [0.15, 0.2) is 42.5 Å². The Labute approximate surface area is 94.2 Å². The second-order valence-electron chi connectivity index (χ2n) is 3.76. The molecule has 0 saturated heterocycles. The van der Waals surface area contributed by atoms with Gasteiger partial charge in [0, 0.05) is 11.1 Å². The Balaban J connectivity index is 2.48. The lowest BCUT2D eigenvalue weighted by Gasteiger charge is -2.05. The maximum Gasteiger partial charge on any atom is 0.150 e. The van der Waals surface area contributed by atoms with Crippen LogP contribution in [0.25, 0.3) is 11.1 Å². The zero-order valence-corrected chi connectivity index (χ0v) is 8.97. The number of phenols is 1. The van der Waals surface area contributed by atoms with Crippen LogP contribution >= 0.6 is 0 Å². The first-order valence-corrected chi connectivity index (χ1v) is 5.06. The molecule has 0 fully saturated rings. The molecule has 0 bridgehead atoms. The van der Waals surface area contributed by atoms with Crippen LogP contribution in [-0.4, -0.2) is 11.4 Å². The number of carbonyl (C=O) groups is 1. The average molecular weight is 212 g/mol. The zero-order valence-electron chi connectivity index (χ0n) is 8.97. The molecule has 0 amide bonds. The Morgan fingerprint density at radius 2 is 1.75 bits per heavy atom. The third-order valence-corrected chi connectivity index (χ3v) is 2.52. The summed E-state index contributed by atoms with van der Waals surface area (Å²) in [5, 5.41) is 9.79. The molecule has 0 atom stereocenters. The van der Waals surface area contributed by atoms with E-state index >= 15 is 0 Å². The van der Waals surface area contributed by atoms with Crippen LogP contribution in [-0.2, 0) is 0 Å². The van der Waals surface area contributed by atoms with Crippen molar-refractivity contribution in [3.63, 3.8) is 0 Å². The van der Waals surface area contributed by atoms with Gasteiger partial charge in [0.1, 0.15) is 12.0 Å². The number of benzene rings is 2. The highest BCUT2D eigenvalue weighted by Gasteiger charge is 2.04. The maximum absolute atomic E-state index is 10.5. The molecule has 2 heteroatoms. The molecular weight excluding hydrogens is 200 g/mol. The Morgan fingerprint density at radius 3 is 2.31 bits per heavy atom. The first kappa shape index (κ1) is 10.4. The summed E-state index contributed by atoms with van der Waals surface area (Å²) in [6.45, 7) is 2.01. The van der Waals surface area contributed by atoms with E-state index in [0.29, 0.717) is 5.56 Å². The summed E-state index contributed by atoms with van der Waals surface area (Å²) in [5.41, 5.74) is 3.34. The Hall–Kier alpha value is -2.09. The topological polar surface area (TPSA) is 37.3 Å². The van der Waals surface area contributed by atoms with Gasteiger partial charge >= 0.3 is 0 Å². The number of hydrogen-bond acceptors (Lipinski definition) is 2. The highest BCUT2D eigenvalue weighted by atomic mass is 16.3. The molecule has 2 aromatic rings. The highest BCUT2D eigenvalue weighted by Crippen LogP contribution is 2.29. The number of aromatic hydroxyl groups is 1. The summed E-state index contributed by atoms with van der Waals surface area (Å²) in [5.74, 6) is 0.133. The van der Waals surface area contributed by atoms with Crippen LogP contribution in [0.3, 0.4) is 0 Å². The van der Waals surface area contributed by atoms with Gasteiger partial charge in [0.15, 0.2) is 0 Å². The Morgan fingerprint density at radius 1 is 1.06 bits per heavy atom. The summed E-state index contributed by atoms with van der Waals surface area (Å²) in [4.78, 5) is 10.5. The quantitative estimate of drug-likeness (QED) is 0.776. The number of phenolic OH excluding ortho intramolecular Hbond substituents is 1. The van der Waals surface area contributed by atoms with Gasteiger partial charge in [-0.15, -0.1) is 0 Å². The van der Waals surface area contributed by atoms with Crippen LogP contribution in [0.1, 0.15) is 15.9 Å². The Kier molecular flexibility index (Phi) is 2.73. The van der Waals surface area contributed by atoms with Crippen LogP contribution in [0, 0.1) is 6.92 Å². The van der Waals surface area contributed by atoms with E-state index < -0.39 is 0 Å². The summed E-state index contributed by atoms with van der Waals surface area (Å²) in [6.07, 6.45) is 0.721. The van der Waals surface area contributed by atoms with Gasteiger partial charge < -0.3 is 5.11 Å². The van der Waals surface area contributed by atoms with Crippen molar-refractivity contribution in [3.8, 4) is 16.9 Å². The molecule has 0 saturated carbocycles. The number of hydrogen-bond donors (Lipinski definition) is 1. The van der Waals surface area contributed by atoms with Crippen LogP contribution in [0.4, 0.5) is 0 Å². The lowest BCUT2D eigenvalue weighted by atomic mass is 10.0. The van der Waals surface area contributed by atoms with E-state index in [1.165, 1.54) is 11.6 Å². The molecule has 1 N–H and O–H groups in total. The minimum atomic E-state index is 0.133. The van der Waals surface area contributed by atoms with Crippen molar-refractivity contribution >= 4 is 6.29 Å². The van der Waals surface area contributed by atoms with Gasteiger partial charge in [-0.2, -0.15) is 0 Å². The first-order valence-electron chi connectivity index (χ1n) is 5.06. The third-order valence-electron chi connectivity index (χ3n) is 2.52. The molecule has 2 nitrogen and oxygen atoms in total. The number of aldehydes is 1. The SMILES string of the molecule is Cc1ccc(-c2ccc(C=O)cc2O)cc1. The van der Waals surface area contributed by atoms with Crippen molar-refractivity contribution in [1.29, 1.82) is 0 Å². The predicted molar refractivity (Wildman–Crippen MR) is 63.7 cm³/mol. The van der Waals surface area contributed by atoms with Gasteiger partial charge in [-0.25, -0.2) is 0 Å².